The molecule has 1 fully saturated rings. The molecular weight excluding hydrogens is 310 g/mol. The summed E-state index contributed by atoms with van der Waals surface area (Å²) in [5, 5.41) is 19.7. The lowest BCUT2D eigenvalue weighted by Crippen LogP contribution is -2.45. The van der Waals surface area contributed by atoms with Crippen LogP contribution in [0.4, 0.5) is 5.69 Å². The number of likely N-dealkylation sites (N-methyl/N-ethyl adjacent to an activating group) is 1. The Hall–Kier alpha value is -0.620. The third-order valence-corrected chi connectivity index (χ3v) is 4.34. The number of aliphatic hydroxyl groups is 2. The first-order valence-corrected chi connectivity index (χ1v) is 7.24. The summed E-state index contributed by atoms with van der Waals surface area (Å²) in [6.07, 6.45) is 1.35. The Bertz CT molecular complexity index is 433. The molecule has 1 aliphatic heterocycles. The molecule has 0 amide bonds. The molecule has 1 aromatic rings. The number of hydrogen-bond acceptors (Lipinski definition) is 4. The lowest BCUT2D eigenvalue weighted by Gasteiger charge is -2.36. The summed E-state index contributed by atoms with van der Waals surface area (Å²) in [4.78, 5) is 2.04. The van der Waals surface area contributed by atoms with Crippen LogP contribution in [0.5, 0.6) is 0 Å². The average molecular weight is 330 g/mol. The predicted molar refractivity (Wildman–Crippen MR) is 78.3 cm³/mol. The molecule has 2 rings (SSSR count). The topological polar surface area (TPSA) is 52.9 Å². The first kappa shape index (κ1) is 14.8. The molecule has 0 saturated carbocycles. The van der Waals surface area contributed by atoms with Crippen LogP contribution in [0.2, 0.25) is 0 Å². The molecule has 0 bridgehead atoms. The van der Waals surface area contributed by atoms with E-state index in [0.29, 0.717) is 32.6 Å². The molecule has 1 aromatic carbocycles. The second-order valence-corrected chi connectivity index (χ2v) is 5.98. The number of nitrogens with zero attached hydrogens (tertiary/aromatic N) is 1. The third kappa shape index (κ3) is 3.69. The largest absolute Gasteiger partial charge is 0.392 e. The van der Waals surface area contributed by atoms with Crippen LogP contribution in [0.25, 0.3) is 0 Å². The Morgan fingerprint density at radius 2 is 2.05 bits per heavy atom. The number of aliphatic hydroxyl groups excluding tert-OH is 1. The molecule has 5 heteroatoms. The fourth-order valence-corrected chi connectivity index (χ4v) is 2.84. The van der Waals surface area contributed by atoms with Crippen LogP contribution in [0.1, 0.15) is 18.4 Å². The van der Waals surface area contributed by atoms with Crippen LogP contribution in [-0.2, 0) is 11.3 Å². The van der Waals surface area contributed by atoms with Gasteiger partial charge in [0.2, 0.25) is 0 Å². The Morgan fingerprint density at radius 3 is 2.63 bits per heavy atom. The normalized spacial score (nSPS) is 18.3. The van der Waals surface area contributed by atoms with E-state index >= 15 is 0 Å². The Balaban J connectivity index is 2.06. The zero-order valence-corrected chi connectivity index (χ0v) is 12.7. The van der Waals surface area contributed by atoms with Gasteiger partial charge < -0.3 is 19.8 Å². The van der Waals surface area contributed by atoms with Crippen LogP contribution < -0.4 is 4.90 Å². The minimum atomic E-state index is -0.672. The quantitative estimate of drug-likeness (QED) is 0.886. The van der Waals surface area contributed by atoms with Gasteiger partial charge in [-0.25, -0.2) is 0 Å². The van der Waals surface area contributed by atoms with Crippen molar-refractivity contribution in [1.29, 1.82) is 0 Å². The van der Waals surface area contributed by atoms with E-state index in [-0.39, 0.29) is 6.61 Å². The van der Waals surface area contributed by atoms with Gasteiger partial charge in [-0.2, -0.15) is 0 Å². The highest BCUT2D eigenvalue weighted by Gasteiger charge is 2.31. The van der Waals surface area contributed by atoms with Crippen molar-refractivity contribution in [2.75, 3.05) is 31.7 Å². The highest BCUT2D eigenvalue weighted by atomic mass is 79.9. The number of benzene rings is 1. The zero-order chi connectivity index (χ0) is 13.9. The van der Waals surface area contributed by atoms with Crippen molar-refractivity contribution in [3.05, 3.63) is 28.2 Å². The average Bonchev–Trinajstić information content (AvgIpc) is 2.39. The summed E-state index contributed by atoms with van der Waals surface area (Å²) >= 11 is 3.45. The molecular formula is C14H20BrNO3. The van der Waals surface area contributed by atoms with E-state index in [9.17, 15) is 5.11 Å². The third-order valence-electron chi connectivity index (χ3n) is 3.60. The smallest absolute Gasteiger partial charge is 0.0865 e. The first-order valence-electron chi connectivity index (χ1n) is 6.45. The van der Waals surface area contributed by atoms with Crippen LogP contribution in [0, 0.1) is 0 Å². The minimum Gasteiger partial charge on any atom is -0.392 e. The monoisotopic (exact) mass is 329 g/mol. The summed E-state index contributed by atoms with van der Waals surface area (Å²) in [5.41, 5.74) is 1.21. The number of rotatable bonds is 4. The molecule has 19 heavy (non-hydrogen) atoms. The van der Waals surface area contributed by atoms with E-state index in [2.05, 4.69) is 15.9 Å². The van der Waals surface area contributed by atoms with Gasteiger partial charge in [0.1, 0.15) is 0 Å². The van der Waals surface area contributed by atoms with Gasteiger partial charge in [-0.15, -0.1) is 0 Å². The maximum Gasteiger partial charge on any atom is 0.0865 e. The fourth-order valence-electron chi connectivity index (χ4n) is 2.34. The molecule has 0 spiro atoms. The molecule has 1 saturated heterocycles. The molecule has 4 nitrogen and oxygen atoms in total. The number of hydrogen-bond donors (Lipinski definition) is 2. The van der Waals surface area contributed by atoms with Crippen LogP contribution in [0.15, 0.2) is 22.7 Å². The Morgan fingerprint density at radius 1 is 1.37 bits per heavy atom. The van der Waals surface area contributed by atoms with Crippen molar-refractivity contribution in [2.45, 2.75) is 25.0 Å². The summed E-state index contributed by atoms with van der Waals surface area (Å²) < 4.78 is 6.18. The second kappa shape index (κ2) is 6.22. The van der Waals surface area contributed by atoms with Crippen LogP contribution in [-0.4, -0.2) is 42.6 Å². The van der Waals surface area contributed by atoms with Gasteiger partial charge in [-0.05, 0) is 17.7 Å². The molecule has 0 aromatic heterocycles. The van der Waals surface area contributed by atoms with Gasteiger partial charge in [-0.3, -0.25) is 0 Å². The predicted octanol–water partition coefficient (Wildman–Crippen LogP) is 1.92. The van der Waals surface area contributed by atoms with Crippen molar-refractivity contribution in [3.63, 3.8) is 0 Å². The van der Waals surface area contributed by atoms with Gasteiger partial charge in [0, 0.05) is 49.8 Å². The summed E-state index contributed by atoms with van der Waals surface area (Å²) in [7, 11) is 1.97. The second-order valence-electron chi connectivity index (χ2n) is 5.13. The van der Waals surface area contributed by atoms with Crippen LogP contribution >= 0.6 is 15.9 Å². The number of anilines is 1. The highest BCUT2D eigenvalue weighted by molar-refractivity contribution is 9.10. The van der Waals surface area contributed by atoms with Crippen molar-refractivity contribution >= 4 is 21.6 Å². The van der Waals surface area contributed by atoms with E-state index in [4.69, 9.17) is 9.84 Å². The summed E-state index contributed by atoms with van der Waals surface area (Å²) in [6, 6.07) is 5.82. The van der Waals surface area contributed by atoms with E-state index in [0.717, 1.165) is 15.7 Å². The van der Waals surface area contributed by atoms with E-state index in [1.165, 1.54) is 0 Å². The van der Waals surface area contributed by atoms with Crippen molar-refractivity contribution in [1.82, 2.24) is 0 Å². The van der Waals surface area contributed by atoms with E-state index < -0.39 is 5.60 Å². The first-order chi connectivity index (χ1) is 9.04. The molecule has 0 unspecified atom stereocenters. The maximum absolute atomic E-state index is 10.5. The van der Waals surface area contributed by atoms with Crippen molar-refractivity contribution in [3.8, 4) is 0 Å². The zero-order valence-electron chi connectivity index (χ0n) is 11.1. The molecule has 1 heterocycles. The van der Waals surface area contributed by atoms with Crippen LogP contribution in [0.3, 0.4) is 0 Å². The van der Waals surface area contributed by atoms with Gasteiger partial charge >= 0.3 is 0 Å². The lowest BCUT2D eigenvalue weighted by molar-refractivity contribution is -0.0572. The molecule has 0 aliphatic carbocycles. The minimum absolute atomic E-state index is 0.0197. The molecule has 106 valence electrons. The summed E-state index contributed by atoms with van der Waals surface area (Å²) in [6.45, 7) is 1.85. The Kier molecular flexibility index (Phi) is 4.84. The van der Waals surface area contributed by atoms with Gasteiger partial charge in [0.25, 0.3) is 0 Å². The SMILES string of the molecule is CN(CC1(O)CCOCC1)c1ccc(CO)c(Br)c1. The number of halogens is 1. The molecule has 2 N–H and O–H groups in total. The standard InChI is InChI=1S/C14H20BrNO3/c1-16(10-14(18)4-6-19-7-5-14)12-3-2-11(9-17)13(15)8-12/h2-3,8,17-18H,4-7,9-10H2,1H3. The van der Waals surface area contributed by atoms with Gasteiger partial charge in [-0.1, -0.05) is 22.0 Å². The summed E-state index contributed by atoms with van der Waals surface area (Å²) in [5.74, 6) is 0. The molecule has 0 atom stereocenters. The number of ether oxygens (including phenoxy) is 1. The molecule has 1 aliphatic rings. The van der Waals surface area contributed by atoms with Crippen molar-refractivity contribution < 1.29 is 14.9 Å². The molecule has 0 radical (unpaired) electrons. The van der Waals surface area contributed by atoms with Gasteiger partial charge in [0.15, 0.2) is 0 Å². The van der Waals surface area contributed by atoms with Crippen molar-refractivity contribution in [2.24, 2.45) is 0 Å². The fraction of sp³-hybridized carbons (Fsp3) is 0.571. The van der Waals surface area contributed by atoms with Gasteiger partial charge in [0.05, 0.1) is 12.2 Å². The van der Waals surface area contributed by atoms with E-state index in [1.807, 2.05) is 30.1 Å². The Labute approximate surface area is 122 Å². The maximum atomic E-state index is 10.5. The van der Waals surface area contributed by atoms with E-state index in [1.54, 1.807) is 0 Å². The lowest BCUT2D eigenvalue weighted by atomic mass is 9.94. The highest BCUT2D eigenvalue weighted by Crippen LogP contribution is 2.27.